The van der Waals surface area contributed by atoms with Crippen molar-refractivity contribution in [2.24, 2.45) is 0 Å². The molecule has 0 radical (unpaired) electrons. The molecule has 0 bridgehead atoms. The summed E-state index contributed by atoms with van der Waals surface area (Å²) in [6.07, 6.45) is 2.83. The van der Waals surface area contributed by atoms with Gasteiger partial charge >= 0.3 is 0 Å². The highest BCUT2D eigenvalue weighted by molar-refractivity contribution is 5.70. The van der Waals surface area contributed by atoms with Crippen molar-refractivity contribution in [3.8, 4) is 16.9 Å². The Morgan fingerprint density at radius 2 is 1.90 bits per heavy atom. The molecule has 1 saturated carbocycles. The van der Waals surface area contributed by atoms with Crippen molar-refractivity contribution in [2.75, 3.05) is 0 Å². The van der Waals surface area contributed by atoms with Gasteiger partial charge in [0.1, 0.15) is 5.75 Å². The van der Waals surface area contributed by atoms with Crippen molar-refractivity contribution in [3.05, 3.63) is 54.1 Å². The van der Waals surface area contributed by atoms with Gasteiger partial charge in [-0.2, -0.15) is 0 Å². The fourth-order valence-electron chi connectivity index (χ4n) is 2.46. The summed E-state index contributed by atoms with van der Waals surface area (Å²) in [7, 11) is 0. The largest absolute Gasteiger partial charge is 0.490 e. The first-order chi connectivity index (χ1) is 10.2. The molecule has 1 fully saturated rings. The van der Waals surface area contributed by atoms with E-state index >= 15 is 0 Å². The lowest BCUT2D eigenvalue weighted by Gasteiger charge is -2.15. The molecule has 0 aromatic heterocycles. The summed E-state index contributed by atoms with van der Waals surface area (Å²) in [5, 5.41) is 3.57. The van der Waals surface area contributed by atoms with Crippen LogP contribution in [0, 0.1) is 0 Å². The maximum atomic E-state index is 5.93. The number of benzene rings is 2. The van der Waals surface area contributed by atoms with E-state index in [4.69, 9.17) is 4.74 Å². The van der Waals surface area contributed by atoms with Gasteiger partial charge in [-0.1, -0.05) is 36.4 Å². The fourth-order valence-corrected chi connectivity index (χ4v) is 2.46. The van der Waals surface area contributed by atoms with Gasteiger partial charge in [-0.25, -0.2) is 0 Å². The Balaban J connectivity index is 1.83. The average Bonchev–Trinajstić information content (AvgIpc) is 3.30. The Hall–Kier alpha value is -1.80. The Morgan fingerprint density at radius 3 is 2.67 bits per heavy atom. The first kappa shape index (κ1) is 14.2. The van der Waals surface area contributed by atoms with Gasteiger partial charge in [0.2, 0.25) is 0 Å². The van der Waals surface area contributed by atoms with E-state index in [1.807, 2.05) is 12.1 Å². The third-order valence-corrected chi connectivity index (χ3v) is 3.66. The normalized spacial score (nSPS) is 14.4. The standard InChI is InChI=1S/C19H23NO/c1-14(2)21-19-9-4-3-8-18(19)16-7-5-6-15(12-16)13-20-17-10-11-17/h3-9,12,14,17,20H,10-11,13H2,1-2H3. The van der Waals surface area contributed by atoms with E-state index in [1.165, 1.54) is 29.5 Å². The van der Waals surface area contributed by atoms with Crippen molar-refractivity contribution in [3.63, 3.8) is 0 Å². The first-order valence-corrected chi connectivity index (χ1v) is 7.81. The molecule has 1 aliphatic rings. The minimum Gasteiger partial charge on any atom is -0.490 e. The van der Waals surface area contributed by atoms with Gasteiger partial charge in [0.25, 0.3) is 0 Å². The number of para-hydroxylation sites is 1. The van der Waals surface area contributed by atoms with E-state index < -0.39 is 0 Å². The van der Waals surface area contributed by atoms with Crippen molar-refractivity contribution >= 4 is 0 Å². The third kappa shape index (κ3) is 3.85. The molecule has 2 aromatic rings. The minimum absolute atomic E-state index is 0.186. The molecule has 0 spiro atoms. The lowest BCUT2D eigenvalue weighted by Crippen LogP contribution is -2.15. The second kappa shape index (κ2) is 6.31. The molecule has 3 rings (SSSR count). The number of nitrogens with one attached hydrogen (secondary N) is 1. The molecule has 2 aromatic carbocycles. The van der Waals surface area contributed by atoms with Crippen molar-refractivity contribution in [2.45, 2.75) is 45.4 Å². The van der Waals surface area contributed by atoms with Crippen LogP contribution < -0.4 is 10.1 Å². The van der Waals surface area contributed by atoms with Gasteiger partial charge < -0.3 is 10.1 Å². The molecular weight excluding hydrogens is 258 g/mol. The Labute approximate surface area is 127 Å². The predicted molar refractivity (Wildman–Crippen MR) is 87.5 cm³/mol. The molecule has 0 amide bonds. The number of hydrogen-bond acceptors (Lipinski definition) is 2. The highest BCUT2D eigenvalue weighted by Crippen LogP contribution is 2.31. The Morgan fingerprint density at radius 1 is 1.10 bits per heavy atom. The van der Waals surface area contributed by atoms with Gasteiger partial charge in [-0.05, 0) is 49.9 Å². The van der Waals surface area contributed by atoms with Gasteiger partial charge in [-0.3, -0.25) is 0 Å². The molecule has 0 saturated heterocycles. The summed E-state index contributed by atoms with van der Waals surface area (Å²) in [6, 6.07) is 17.7. The molecular formula is C19H23NO. The summed E-state index contributed by atoms with van der Waals surface area (Å²) >= 11 is 0. The Kier molecular flexibility index (Phi) is 4.26. The smallest absolute Gasteiger partial charge is 0.127 e. The van der Waals surface area contributed by atoms with Crippen LogP contribution in [0.15, 0.2) is 48.5 Å². The van der Waals surface area contributed by atoms with Crippen molar-refractivity contribution < 1.29 is 4.74 Å². The molecule has 0 atom stereocenters. The molecule has 1 N–H and O–H groups in total. The summed E-state index contributed by atoms with van der Waals surface area (Å²) < 4.78 is 5.93. The zero-order chi connectivity index (χ0) is 14.7. The maximum Gasteiger partial charge on any atom is 0.127 e. The average molecular weight is 281 g/mol. The fraction of sp³-hybridized carbons (Fsp3) is 0.368. The summed E-state index contributed by atoms with van der Waals surface area (Å²) in [4.78, 5) is 0. The van der Waals surface area contributed by atoms with E-state index in [1.54, 1.807) is 0 Å². The Bertz CT molecular complexity index is 602. The number of ether oxygens (including phenoxy) is 1. The number of hydrogen-bond donors (Lipinski definition) is 1. The van der Waals surface area contributed by atoms with Crippen LogP contribution >= 0.6 is 0 Å². The zero-order valence-corrected chi connectivity index (χ0v) is 12.8. The van der Waals surface area contributed by atoms with E-state index in [2.05, 4.69) is 55.6 Å². The second-order valence-corrected chi connectivity index (χ2v) is 6.02. The lowest BCUT2D eigenvalue weighted by molar-refractivity contribution is 0.243. The number of rotatable bonds is 6. The highest BCUT2D eigenvalue weighted by atomic mass is 16.5. The molecule has 21 heavy (non-hydrogen) atoms. The lowest BCUT2D eigenvalue weighted by atomic mass is 10.0. The third-order valence-electron chi connectivity index (χ3n) is 3.66. The van der Waals surface area contributed by atoms with Crippen LogP contribution in [0.25, 0.3) is 11.1 Å². The van der Waals surface area contributed by atoms with Crippen LogP contribution in [-0.2, 0) is 6.54 Å². The molecule has 0 unspecified atom stereocenters. The van der Waals surface area contributed by atoms with Gasteiger partial charge in [0.05, 0.1) is 6.10 Å². The summed E-state index contributed by atoms with van der Waals surface area (Å²) in [5.74, 6) is 0.958. The SMILES string of the molecule is CC(C)Oc1ccccc1-c1cccc(CNC2CC2)c1. The molecule has 2 heteroatoms. The molecule has 0 heterocycles. The topological polar surface area (TPSA) is 21.3 Å². The summed E-state index contributed by atoms with van der Waals surface area (Å²) in [6.45, 7) is 5.07. The van der Waals surface area contributed by atoms with Crippen LogP contribution in [0.5, 0.6) is 5.75 Å². The molecule has 1 aliphatic carbocycles. The molecule has 110 valence electrons. The van der Waals surface area contributed by atoms with Crippen LogP contribution in [0.2, 0.25) is 0 Å². The van der Waals surface area contributed by atoms with Crippen molar-refractivity contribution in [1.29, 1.82) is 0 Å². The zero-order valence-electron chi connectivity index (χ0n) is 12.8. The van der Waals surface area contributed by atoms with Crippen LogP contribution in [0.1, 0.15) is 32.3 Å². The maximum absolute atomic E-state index is 5.93. The van der Waals surface area contributed by atoms with Gasteiger partial charge in [-0.15, -0.1) is 0 Å². The van der Waals surface area contributed by atoms with Gasteiger partial charge in [0, 0.05) is 18.2 Å². The summed E-state index contributed by atoms with van der Waals surface area (Å²) in [5.41, 5.74) is 3.72. The van der Waals surface area contributed by atoms with Crippen LogP contribution in [0.3, 0.4) is 0 Å². The quantitative estimate of drug-likeness (QED) is 0.847. The second-order valence-electron chi connectivity index (χ2n) is 6.02. The predicted octanol–water partition coefficient (Wildman–Crippen LogP) is 4.39. The monoisotopic (exact) mass is 281 g/mol. The van der Waals surface area contributed by atoms with Crippen molar-refractivity contribution in [1.82, 2.24) is 5.32 Å². The van der Waals surface area contributed by atoms with E-state index in [0.29, 0.717) is 0 Å². The van der Waals surface area contributed by atoms with Gasteiger partial charge in [0.15, 0.2) is 0 Å². The first-order valence-electron chi connectivity index (χ1n) is 7.81. The van der Waals surface area contributed by atoms with E-state index in [-0.39, 0.29) is 6.10 Å². The highest BCUT2D eigenvalue weighted by Gasteiger charge is 2.19. The molecule has 2 nitrogen and oxygen atoms in total. The molecule has 0 aliphatic heterocycles. The van der Waals surface area contributed by atoms with E-state index in [9.17, 15) is 0 Å². The van der Waals surface area contributed by atoms with Crippen LogP contribution in [-0.4, -0.2) is 12.1 Å². The minimum atomic E-state index is 0.186. The van der Waals surface area contributed by atoms with Crippen LogP contribution in [0.4, 0.5) is 0 Å². The van der Waals surface area contributed by atoms with E-state index in [0.717, 1.165) is 18.3 Å².